The van der Waals surface area contributed by atoms with Crippen LogP contribution in [-0.4, -0.2) is 39.6 Å². The third kappa shape index (κ3) is 6.03. The van der Waals surface area contributed by atoms with Gasteiger partial charge in [0.25, 0.3) is 15.6 Å². The molecule has 2 aromatic heterocycles. The lowest BCUT2D eigenvalue weighted by molar-refractivity contribution is -0.113. The Bertz CT molecular complexity index is 1860. The van der Waals surface area contributed by atoms with E-state index >= 15 is 0 Å². The van der Waals surface area contributed by atoms with Crippen LogP contribution in [0.3, 0.4) is 0 Å². The van der Waals surface area contributed by atoms with Crippen LogP contribution in [-0.2, 0) is 14.8 Å². The summed E-state index contributed by atoms with van der Waals surface area (Å²) in [6.45, 7) is 3.50. The summed E-state index contributed by atoms with van der Waals surface area (Å²) in [5, 5.41) is 3.61. The van der Waals surface area contributed by atoms with Crippen LogP contribution in [0.15, 0.2) is 99.8 Å². The third-order valence-electron chi connectivity index (χ3n) is 5.75. The van der Waals surface area contributed by atoms with E-state index in [2.05, 4.69) is 25.0 Å². The van der Waals surface area contributed by atoms with Crippen molar-refractivity contribution < 1.29 is 13.2 Å². The molecule has 202 valence electrons. The predicted octanol–water partition coefficient (Wildman–Crippen LogP) is 4.32. The first-order valence-corrected chi connectivity index (χ1v) is 14.6. The number of fused-ring (bicyclic) bond motifs is 1. The Morgan fingerprint density at radius 3 is 2.23 bits per heavy atom. The molecule has 5 aromatic rings. The minimum absolute atomic E-state index is 0.00475. The second-order valence-electron chi connectivity index (χ2n) is 8.83. The van der Waals surface area contributed by atoms with E-state index in [-0.39, 0.29) is 28.1 Å². The molecule has 0 saturated carbocycles. The maximum atomic E-state index is 13.3. The van der Waals surface area contributed by atoms with Gasteiger partial charge in [-0.05, 0) is 68.4 Å². The number of sulfonamides is 1. The van der Waals surface area contributed by atoms with Crippen molar-refractivity contribution in [2.45, 2.75) is 23.9 Å². The highest BCUT2D eigenvalue weighted by Crippen LogP contribution is 2.22. The lowest BCUT2D eigenvalue weighted by Gasteiger charge is -2.13. The van der Waals surface area contributed by atoms with Crippen molar-refractivity contribution >= 4 is 50.2 Å². The van der Waals surface area contributed by atoms with E-state index in [9.17, 15) is 18.0 Å². The Morgan fingerprint density at radius 1 is 0.875 bits per heavy atom. The van der Waals surface area contributed by atoms with Crippen LogP contribution in [0.4, 0.5) is 11.6 Å². The van der Waals surface area contributed by atoms with Crippen LogP contribution in [0, 0.1) is 13.8 Å². The van der Waals surface area contributed by atoms with Gasteiger partial charge in [-0.15, -0.1) is 0 Å². The predicted molar refractivity (Wildman–Crippen MR) is 155 cm³/mol. The molecule has 12 heteroatoms. The van der Waals surface area contributed by atoms with Gasteiger partial charge in [-0.3, -0.25) is 14.2 Å². The van der Waals surface area contributed by atoms with Crippen molar-refractivity contribution in [2.24, 2.45) is 0 Å². The lowest BCUT2D eigenvalue weighted by Crippen LogP contribution is -2.23. The molecule has 5 rings (SSSR count). The fourth-order valence-electron chi connectivity index (χ4n) is 4.01. The Kier molecular flexibility index (Phi) is 7.63. The molecule has 0 spiro atoms. The fourth-order valence-corrected chi connectivity index (χ4v) is 5.77. The van der Waals surface area contributed by atoms with Crippen molar-refractivity contribution in [2.75, 3.05) is 15.8 Å². The standard InChI is InChI=1S/C28H24N6O4S2/c1-18-16-19(2)30-27(29-18)33-40(37,38)22-14-12-20(13-15-22)31-25(35)17-39-28-32-24-11-7-6-10-23(24)26(36)34(28)21-8-4-3-5-9-21/h3-16H,17H2,1-2H3,(H,31,35)(H,29,30,33). The van der Waals surface area contributed by atoms with Crippen molar-refractivity contribution in [1.82, 2.24) is 19.5 Å². The summed E-state index contributed by atoms with van der Waals surface area (Å²) in [6.07, 6.45) is 0. The van der Waals surface area contributed by atoms with Crippen molar-refractivity contribution in [3.05, 3.63) is 107 Å². The molecule has 40 heavy (non-hydrogen) atoms. The molecule has 0 unspecified atom stereocenters. The number of nitrogens with one attached hydrogen (secondary N) is 2. The van der Waals surface area contributed by atoms with E-state index in [1.54, 1.807) is 56.3 Å². The highest BCUT2D eigenvalue weighted by molar-refractivity contribution is 7.99. The summed E-state index contributed by atoms with van der Waals surface area (Å²) < 4.78 is 29.4. The molecule has 2 heterocycles. The number of anilines is 2. The monoisotopic (exact) mass is 572 g/mol. The quantitative estimate of drug-likeness (QED) is 0.207. The third-order valence-corrected chi connectivity index (χ3v) is 8.03. The zero-order valence-electron chi connectivity index (χ0n) is 21.5. The Morgan fingerprint density at radius 2 is 1.52 bits per heavy atom. The van der Waals surface area contributed by atoms with Crippen LogP contribution < -0.4 is 15.6 Å². The van der Waals surface area contributed by atoms with E-state index in [1.807, 2.05) is 18.2 Å². The molecular formula is C28H24N6O4S2. The average molecular weight is 573 g/mol. The minimum atomic E-state index is -3.92. The number of aryl methyl sites for hydroxylation is 2. The molecule has 0 fully saturated rings. The van der Waals surface area contributed by atoms with Gasteiger partial charge in [0, 0.05) is 17.1 Å². The Balaban J connectivity index is 1.30. The summed E-state index contributed by atoms with van der Waals surface area (Å²) in [5.74, 6) is -0.379. The lowest BCUT2D eigenvalue weighted by atomic mass is 10.2. The van der Waals surface area contributed by atoms with Crippen molar-refractivity contribution in [3.63, 3.8) is 0 Å². The van der Waals surface area contributed by atoms with Crippen LogP contribution >= 0.6 is 11.8 Å². The van der Waals surface area contributed by atoms with Gasteiger partial charge in [0.15, 0.2) is 5.16 Å². The van der Waals surface area contributed by atoms with Gasteiger partial charge in [0.05, 0.1) is 27.2 Å². The van der Waals surface area contributed by atoms with Gasteiger partial charge in [0.1, 0.15) is 0 Å². The normalized spacial score (nSPS) is 11.3. The van der Waals surface area contributed by atoms with Gasteiger partial charge in [0.2, 0.25) is 11.9 Å². The molecule has 3 aromatic carbocycles. The van der Waals surface area contributed by atoms with Gasteiger partial charge < -0.3 is 5.32 Å². The molecule has 1 amide bonds. The first kappa shape index (κ1) is 27.0. The first-order chi connectivity index (χ1) is 19.2. The molecule has 0 bridgehead atoms. The molecule has 10 nitrogen and oxygen atoms in total. The van der Waals surface area contributed by atoms with Gasteiger partial charge in [-0.1, -0.05) is 42.1 Å². The summed E-state index contributed by atoms with van der Waals surface area (Å²) in [7, 11) is -3.92. The number of carbonyl (C=O) groups is 1. The maximum absolute atomic E-state index is 13.3. The number of rotatable bonds is 8. The Labute approximate surface area is 234 Å². The second kappa shape index (κ2) is 11.3. The zero-order valence-corrected chi connectivity index (χ0v) is 23.2. The van der Waals surface area contributed by atoms with Gasteiger partial charge >= 0.3 is 0 Å². The summed E-state index contributed by atoms with van der Waals surface area (Å²) in [6, 6.07) is 23.7. The largest absolute Gasteiger partial charge is 0.325 e. The number of hydrogen-bond donors (Lipinski definition) is 2. The number of amides is 1. The van der Waals surface area contributed by atoms with E-state index in [0.717, 1.165) is 11.8 Å². The average Bonchev–Trinajstić information content (AvgIpc) is 2.92. The van der Waals surface area contributed by atoms with E-state index in [0.29, 0.717) is 38.8 Å². The number of aromatic nitrogens is 4. The molecule has 0 saturated heterocycles. The summed E-state index contributed by atoms with van der Waals surface area (Å²) in [5.41, 5.74) is 2.65. The zero-order chi connectivity index (χ0) is 28.3. The number of hydrogen-bond acceptors (Lipinski definition) is 8. The van der Waals surface area contributed by atoms with Gasteiger partial charge in [-0.25, -0.2) is 28.1 Å². The molecule has 0 radical (unpaired) electrons. The SMILES string of the molecule is Cc1cc(C)nc(NS(=O)(=O)c2ccc(NC(=O)CSc3nc4ccccc4c(=O)n3-c3ccccc3)cc2)n1. The highest BCUT2D eigenvalue weighted by Gasteiger charge is 2.17. The first-order valence-electron chi connectivity index (χ1n) is 12.1. The molecule has 0 aliphatic heterocycles. The molecular weight excluding hydrogens is 548 g/mol. The van der Waals surface area contributed by atoms with E-state index in [4.69, 9.17) is 0 Å². The smallest absolute Gasteiger partial charge is 0.266 e. The number of carbonyl (C=O) groups excluding carboxylic acids is 1. The number of para-hydroxylation sites is 2. The highest BCUT2D eigenvalue weighted by atomic mass is 32.2. The molecule has 0 aliphatic rings. The minimum Gasteiger partial charge on any atom is -0.325 e. The number of benzene rings is 3. The van der Waals surface area contributed by atoms with Crippen LogP contribution in [0.25, 0.3) is 16.6 Å². The van der Waals surface area contributed by atoms with Gasteiger partial charge in [-0.2, -0.15) is 0 Å². The van der Waals surface area contributed by atoms with Crippen LogP contribution in [0.5, 0.6) is 0 Å². The topological polar surface area (TPSA) is 136 Å². The number of thioether (sulfide) groups is 1. The fraction of sp³-hybridized carbons (Fsp3) is 0.107. The molecule has 0 aliphatic carbocycles. The van der Waals surface area contributed by atoms with Crippen LogP contribution in [0.2, 0.25) is 0 Å². The van der Waals surface area contributed by atoms with Crippen molar-refractivity contribution in [1.29, 1.82) is 0 Å². The van der Waals surface area contributed by atoms with Crippen molar-refractivity contribution in [3.8, 4) is 5.69 Å². The summed E-state index contributed by atoms with van der Waals surface area (Å²) >= 11 is 1.13. The molecule has 0 atom stereocenters. The summed E-state index contributed by atoms with van der Waals surface area (Å²) in [4.78, 5) is 38.9. The van der Waals surface area contributed by atoms with E-state index < -0.39 is 10.0 Å². The maximum Gasteiger partial charge on any atom is 0.266 e. The van der Waals surface area contributed by atoms with Crippen LogP contribution in [0.1, 0.15) is 11.4 Å². The second-order valence-corrected chi connectivity index (χ2v) is 11.5. The molecule has 2 N–H and O–H groups in total. The Hall–Kier alpha value is -4.55. The number of nitrogens with zero attached hydrogens (tertiary/aromatic N) is 4. The van der Waals surface area contributed by atoms with E-state index in [1.165, 1.54) is 28.8 Å².